The van der Waals surface area contributed by atoms with E-state index in [1.807, 2.05) is 47.0 Å². The van der Waals surface area contributed by atoms with E-state index in [2.05, 4.69) is 26.8 Å². The summed E-state index contributed by atoms with van der Waals surface area (Å²) < 4.78 is 13.4. The summed E-state index contributed by atoms with van der Waals surface area (Å²) in [5.41, 5.74) is 2.90. The van der Waals surface area contributed by atoms with Gasteiger partial charge in [-0.05, 0) is 24.3 Å². The first kappa shape index (κ1) is 17.2. The number of fused-ring (bicyclic) bond motifs is 2. The van der Waals surface area contributed by atoms with Crippen molar-refractivity contribution >= 4 is 17.3 Å². The SMILES string of the molecule is CN=C(NCCc1cn2ccccc2n1)Nc1ccc2c(c1)OCCCO2. The number of anilines is 1. The number of benzene rings is 1. The van der Waals surface area contributed by atoms with E-state index in [4.69, 9.17) is 9.47 Å². The summed E-state index contributed by atoms with van der Waals surface area (Å²) in [7, 11) is 1.75. The Bertz CT molecular complexity index is 917. The van der Waals surface area contributed by atoms with E-state index in [0.29, 0.717) is 19.2 Å². The average molecular weight is 365 g/mol. The first-order valence-corrected chi connectivity index (χ1v) is 9.12. The monoisotopic (exact) mass is 365 g/mol. The number of imidazole rings is 1. The fourth-order valence-electron chi connectivity index (χ4n) is 2.97. The second-order valence-corrected chi connectivity index (χ2v) is 6.28. The number of aliphatic imine (C=N–C) groups is 1. The minimum absolute atomic E-state index is 0.669. The van der Waals surface area contributed by atoms with Crippen molar-refractivity contribution in [2.24, 2.45) is 4.99 Å². The van der Waals surface area contributed by atoms with E-state index in [9.17, 15) is 0 Å². The maximum Gasteiger partial charge on any atom is 0.195 e. The summed E-state index contributed by atoms with van der Waals surface area (Å²) in [5.74, 6) is 2.25. The number of pyridine rings is 1. The van der Waals surface area contributed by atoms with Crippen LogP contribution in [0, 0.1) is 0 Å². The molecule has 4 rings (SSSR count). The van der Waals surface area contributed by atoms with Crippen LogP contribution in [0.15, 0.2) is 53.8 Å². The smallest absolute Gasteiger partial charge is 0.195 e. The number of guanidine groups is 1. The topological polar surface area (TPSA) is 72.2 Å². The molecule has 1 aliphatic rings. The Morgan fingerprint density at radius 1 is 1.19 bits per heavy atom. The van der Waals surface area contributed by atoms with Crippen molar-refractivity contribution in [2.75, 3.05) is 32.1 Å². The van der Waals surface area contributed by atoms with E-state index in [0.717, 1.165) is 47.9 Å². The zero-order chi connectivity index (χ0) is 18.5. The van der Waals surface area contributed by atoms with Crippen LogP contribution < -0.4 is 20.1 Å². The zero-order valence-corrected chi connectivity index (χ0v) is 15.3. The molecule has 7 heteroatoms. The Morgan fingerprint density at radius 3 is 2.93 bits per heavy atom. The van der Waals surface area contributed by atoms with E-state index < -0.39 is 0 Å². The molecule has 0 amide bonds. The maximum absolute atomic E-state index is 5.74. The summed E-state index contributed by atoms with van der Waals surface area (Å²) in [4.78, 5) is 8.89. The van der Waals surface area contributed by atoms with Crippen LogP contribution >= 0.6 is 0 Å². The van der Waals surface area contributed by atoms with Gasteiger partial charge in [0, 0.05) is 50.6 Å². The maximum atomic E-state index is 5.74. The number of nitrogens with zero attached hydrogens (tertiary/aromatic N) is 3. The third kappa shape index (κ3) is 4.13. The highest BCUT2D eigenvalue weighted by Gasteiger charge is 2.11. The second kappa shape index (κ2) is 7.99. The molecule has 7 nitrogen and oxygen atoms in total. The fraction of sp³-hybridized carbons (Fsp3) is 0.300. The van der Waals surface area contributed by atoms with E-state index in [1.165, 1.54) is 0 Å². The lowest BCUT2D eigenvalue weighted by Crippen LogP contribution is -2.32. The number of aromatic nitrogens is 2. The van der Waals surface area contributed by atoms with Crippen LogP contribution in [0.25, 0.3) is 5.65 Å². The fourth-order valence-corrected chi connectivity index (χ4v) is 2.97. The van der Waals surface area contributed by atoms with Crippen LogP contribution in [0.2, 0.25) is 0 Å². The largest absolute Gasteiger partial charge is 0.490 e. The van der Waals surface area contributed by atoms with Crippen LogP contribution in [-0.4, -0.2) is 42.2 Å². The summed E-state index contributed by atoms with van der Waals surface area (Å²) in [6.07, 6.45) is 5.76. The third-order valence-corrected chi connectivity index (χ3v) is 4.32. The molecular formula is C20H23N5O2. The predicted molar refractivity (Wildman–Crippen MR) is 106 cm³/mol. The Morgan fingerprint density at radius 2 is 2.07 bits per heavy atom. The molecule has 0 saturated heterocycles. The molecule has 0 saturated carbocycles. The summed E-state index contributed by atoms with van der Waals surface area (Å²) >= 11 is 0. The predicted octanol–water partition coefficient (Wildman–Crippen LogP) is 2.73. The first-order chi connectivity index (χ1) is 13.3. The van der Waals surface area contributed by atoms with Crippen molar-refractivity contribution in [3.8, 4) is 11.5 Å². The molecule has 1 aliphatic heterocycles. The standard InChI is InChI=1S/C20H23N5O2/c1-21-20(22-9-8-16-14-25-10-3-2-5-19(25)23-16)24-15-6-7-17-18(13-15)27-12-4-11-26-17/h2-3,5-7,10,13-14H,4,8-9,11-12H2,1H3,(H2,21,22,24). The molecular weight excluding hydrogens is 342 g/mol. The molecule has 0 radical (unpaired) electrons. The van der Waals surface area contributed by atoms with Crippen molar-refractivity contribution < 1.29 is 9.47 Å². The first-order valence-electron chi connectivity index (χ1n) is 9.12. The molecule has 0 aliphatic carbocycles. The number of rotatable bonds is 4. The van der Waals surface area contributed by atoms with Crippen LogP contribution in [0.3, 0.4) is 0 Å². The van der Waals surface area contributed by atoms with Crippen molar-refractivity contribution in [1.29, 1.82) is 0 Å². The van der Waals surface area contributed by atoms with E-state index in [-0.39, 0.29) is 0 Å². The molecule has 0 unspecified atom stereocenters. The Labute approximate surface area is 158 Å². The van der Waals surface area contributed by atoms with Crippen molar-refractivity contribution in [3.05, 3.63) is 54.5 Å². The lowest BCUT2D eigenvalue weighted by molar-refractivity contribution is 0.297. The van der Waals surface area contributed by atoms with Gasteiger partial charge in [-0.2, -0.15) is 0 Å². The van der Waals surface area contributed by atoms with Gasteiger partial charge in [-0.1, -0.05) is 6.07 Å². The normalized spacial score (nSPS) is 14.0. The average Bonchev–Trinajstić information content (AvgIpc) is 2.96. The van der Waals surface area contributed by atoms with Crippen LogP contribution in [0.5, 0.6) is 11.5 Å². The lowest BCUT2D eigenvalue weighted by atomic mass is 10.2. The molecule has 3 heterocycles. The molecule has 27 heavy (non-hydrogen) atoms. The highest BCUT2D eigenvalue weighted by Crippen LogP contribution is 2.32. The van der Waals surface area contributed by atoms with Crippen LogP contribution in [0.4, 0.5) is 5.69 Å². The molecule has 0 spiro atoms. The van der Waals surface area contributed by atoms with E-state index in [1.54, 1.807) is 7.05 Å². The Kier molecular flexibility index (Phi) is 5.09. The van der Waals surface area contributed by atoms with Gasteiger partial charge in [-0.15, -0.1) is 0 Å². The molecule has 140 valence electrons. The summed E-state index contributed by atoms with van der Waals surface area (Å²) in [6, 6.07) is 11.8. The van der Waals surface area contributed by atoms with Gasteiger partial charge in [0.05, 0.1) is 18.9 Å². The zero-order valence-electron chi connectivity index (χ0n) is 15.3. The number of nitrogens with one attached hydrogen (secondary N) is 2. The molecule has 1 aromatic carbocycles. The van der Waals surface area contributed by atoms with Crippen molar-refractivity contribution in [3.63, 3.8) is 0 Å². The summed E-state index contributed by atoms with van der Waals surface area (Å²) in [5, 5.41) is 6.61. The summed E-state index contributed by atoms with van der Waals surface area (Å²) in [6.45, 7) is 2.09. The van der Waals surface area contributed by atoms with Crippen molar-refractivity contribution in [1.82, 2.24) is 14.7 Å². The van der Waals surface area contributed by atoms with Gasteiger partial charge in [0.1, 0.15) is 5.65 Å². The highest BCUT2D eigenvalue weighted by atomic mass is 16.5. The molecule has 3 aromatic rings. The van der Waals surface area contributed by atoms with Gasteiger partial charge in [0.2, 0.25) is 0 Å². The van der Waals surface area contributed by atoms with Crippen molar-refractivity contribution in [2.45, 2.75) is 12.8 Å². The lowest BCUT2D eigenvalue weighted by Gasteiger charge is -2.13. The third-order valence-electron chi connectivity index (χ3n) is 4.32. The second-order valence-electron chi connectivity index (χ2n) is 6.28. The quantitative estimate of drug-likeness (QED) is 0.549. The number of hydrogen-bond acceptors (Lipinski definition) is 4. The van der Waals surface area contributed by atoms with Gasteiger partial charge >= 0.3 is 0 Å². The van der Waals surface area contributed by atoms with Gasteiger partial charge in [-0.3, -0.25) is 4.99 Å². The van der Waals surface area contributed by atoms with Gasteiger partial charge in [0.25, 0.3) is 0 Å². The molecule has 0 fully saturated rings. The minimum atomic E-state index is 0.669. The Balaban J connectivity index is 1.35. The van der Waals surface area contributed by atoms with E-state index >= 15 is 0 Å². The minimum Gasteiger partial charge on any atom is -0.490 e. The van der Waals surface area contributed by atoms with Gasteiger partial charge in [0.15, 0.2) is 17.5 Å². The highest BCUT2D eigenvalue weighted by molar-refractivity contribution is 5.93. The Hall–Kier alpha value is -3.22. The molecule has 2 N–H and O–H groups in total. The van der Waals surface area contributed by atoms with Crippen LogP contribution in [-0.2, 0) is 6.42 Å². The van der Waals surface area contributed by atoms with Gasteiger partial charge < -0.3 is 24.5 Å². The van der Waals surface area contributed by atoms with Gasteiger partial charge in [-0.25, -0.2) is 4.98 Å². The molecule has 2 aromatic heterocycles. The molecule has 0 atom stereocenters. The number of hydrogen-bond donors (Lipinski definition) is 2. The number of ether oxygens (including phenoxy) is 2. The van der Waals surface area contributed by atoms with Crippen LogP contribution in [0.1, 0.15) is 12.1 Å². The molecule has 0 bridgehead atoms.